The lowest BCUT2D eigenvalue weighted by molar-refractivity contribution is -0.137. The molecule has 0 spiro atoms. The predicted molar refractivity (Wildman–Crippen MR) is 75.2 cm³/mol. The summed E-state index contributed by atoms with van der Waals surface area (Å²) < 4.78 is 4.84. The zero-order chi connectivity index (χ0) is 13.5. The first-order valence-corrected chi connectivity index (χ1v) is 6.32. The molecule has 0 fully saturated rings. The second-order valence-corrected chi connectivity index (χ2v) is 4.28. The molecule has 2 N–H and O–H groups in total. The molecule has 0 aliphatic rings. The molecular formula is C15H21NO2. The summed E-state index contributed by atoms with van der Waals surface area (Å²) in [5.74, 6) is 0.0976. The molecule has 1 aromatic carbocycles. The molecule has 0 saturated carbocycles. The Morgan fingerprint density at radius 3 is 2.78 bits per heavy atom. The minimum absolute atomic E-state index is 0.320. The van der Waals surface area contributed by atoms with Gasteiger partial charge in [0.15, 0.2) is 0 Å². The quantitative estimate of drug-likeness (QED) is 0.493. The lowest BCUT2D eigenvalue weighted by atomic mass is 9.95. The van der Waals surface area contributed by atoms with E-state index < -0.39 is 0 Å². The van der Waals surface area contributed by atoms with Crippen molar-refractivity contribution < 1.29 is 9.53 Å². The first-order valence-electron chi connectivity index (χ1n) is 6.32. The average molecular weight is 247 g/mol. The molecule has 18 heavy (non-hydrogen) atoms. The molecule has 0 saturated heterocycles. The van der Waals surface area contributed by atoms with Crippen molar-refractivity contribution in [1.29, 1.82) is 0 Å². The number of nitrogens with two attached hydrogens (primary N) is 1. The standard InChI is InChI=1S/C15H21NO2/c1-4-11(3)13-10-12(6-8-14(13)16)7-9-15(17)18-5-2/h6-11H,4-5,16H2,1-3H3/b9-7+. The van der Waals surface area contributed by atoms with Crippen molar-refractivity contribution in [2.24, 2.45) is 0 Å². The summed E-state index contributed by atoms with van der Waals surface area (Å²) in [7, 11) is 0. The highest BCUT2D eigenvalue weighted by Crippen LogP contribution is 2.26. The summed E-state index contributed by atoms with van der Waals surface area (Å²) in [6.07, 6.45) is 4.23. The number of benzene rings is 1. The summed E-state index contributed by atoms with van der Waals surface area (Å²) in [4.78, 5) is 11.2. The number of rotatable bonds is 5. The van der Waals surface area contributed by atoms with Gasteiger partial charge in [-0.25, -0.2) is 4.79 Å². The van der Waals surface area contributed by atoms with Gasteiger partial charge in [-0.3, -0.25) is 0 Å². The fraction of sp³-hybridized carbons (Fsp3) is 0.400. The van der Waals surface area contributed by atoms with Crippen LogP contribution in [0.5, 0.6) is 0 Å². The first kappa shape index (κ1) is 14.3. The third-order valence-electron chi connectivity index (χ3n) is 2.95. The second-order valence-electron chi connectivity index (χ2n) is 4.28. The molecule has 0 amide bonds. The van der Waals surface area contributed by atoms with Gasteiger partial charge < -0.3 is 10.5 Å². The molecule has 0 aliphatic carbocycles. The zero-order valence-electron chi connectivity index (χ0n) is 11.3. The highest BCUT2D eigenvalue weighted by molar-refractivity contribution is 5.87. The first-order chi connectivity index (χ1) is 8.58. The van der Waals surface area contributed by atoms with Crippen LogP contribution in [0, 0.1) is 0 Å². The Labute approximate surface area is 109 Å². The minimum Gasteiger partial charge on any atom is -0.463 e. The van der Waals surface area contributed by atoms with Gasteiger partial charge in [-0.05, 0) is 48.6 Å². The van der Waals surface area contributed by atoms with E-state index in [0.29, 0.717) is 12.5 Å². The number of carbonyl (C=O) groups excluding carboxylic acids is 1. The molecule has 0 heterocycles. The molecule has 0 bridgehead atoms. The van der Waals surface area contributed by atoms with Gasteiger partial charge in [-0.2, -0.15) is 0 Å². The number of hydrogen-bond acceptors (Lipinski definition) is 3. The maximum atomic E-state index is 11.2. The van der Waals surface area contributed by atoms with Crippen molar-refractivity contribution in [3.05, 3.63) is 35.4 Å². The molecular weight excluding hydrogens is 226 g/mol. The maximum absolute atomic E-state index is 11.2. The fourth-order valence-electron chi connectivity index (χ4n) is 1.70. The number of nitrogen functional groups attached to an aromatic ring is 1. The van der Waals surface area contributed by atoms with E-state index in [4.69, 9.17) is 10.5 Å². The zero-order valence-corrected chi connectivity index (χ0v) is 11.3. The number of carbonyl (C=O) groups is 1. The van der Waals surface area contributed by atoms with E-state index in [1.54, 1.807) is 13.0 Å². The van der Waals surface area contributed by atoms with Crippen LogP contribution in [-0.2, 0) is 9.53 Å². The van der Waals surface area contributed by atoms with Gasteiger partial charge in [-0.1, -0.05) is 19.9 Å². The van der Waals surface area contributed by atoms with Gasteiger partial charge in [-0.15, -0.1) is 0 Å². The third kappa shape index (κ3) is 3.91. The Kier molecular flexibility index (Phi) is 5.43. The number of esters is 1. The third-order valence-corrected chi connectivity index (χ3v) is 2.95. The van der Waals surface area contributed by atoms with Gasteiger partial charge in [0.1, 0.15) is 0 Å². The van der Waals surface area contributed by atoms with Gasteiger partial charge in [0.2, 0.25) is 0 Å². The monoisotopic (exact) mass is 247 g/mol. The van der Waals surface area contributed by atoms with Crippen molar-refractivity contribution in [1.82, 2.24) is 0 Å². The summed E-state index contributed by atoms with van der Waals surface area (Å²) >= 11 is 0. The largest absolute Gasteiger partial charge is 0.463 e. The van der Waals surface area contributed by atoms with E-state index >= 15 is 0 Å². The van der Waals surface area contributed by atoms with Crippen molar-refractivity contribution >= 4 is 17.7 Å². The lowest BCUT2D eigenvalue weighted by Gasteiger charge is -2.12. The van der Waals surface area contributed by atoms with Crippen LogP contribution in [0.15, 0.2) is 24.3 Å². The molecule has 1 rings (SSSR count). The van der Waals surface area contributed by atoms with E-state index in [0.717, 1.165) is 23.2 Å². The molecule has 1 atom stereocenters. The molecule has 0 radical (unpaired) electrons. The predicted octanol–water partition coefficient (Wildman–Crippen LogP) is 3.36. The Morgan fingerprint density at radius 1 is 1.44 bits per heavy atom. The van der Waals surface area contributed by atoms with E-state index in [9.17, 15) is 4.79 Å². The van der Waals surface area contributed by atoms with E-state index in [1.165, 1.54) is 6.08 Å². The molecule has 1 aromatic rings. The number of hydrogen-bond donors (Lipinski definition) is 1. The van der Waals surface area contributed by atoms with Crippen LogP contribution < -0.4 is 5.73 Å². The van der Waals surface area contributed by atoms with Crippen molar-refractivity contribution in [3.63, 3.8) is 0 Å². The minimum atomic E-state index is -0.320. The Balaban J connectivity index is 2.88. The van der Waals surface area contributed by atoms with E-state index in [2.05, 4.69) is 13.8 Å². The molecule has 3 nitrogen and oxygen atoms in total. The van der Waals surface area contributed by atoms with Crippen LogP contribution in [0.25, 0.3) is 6.08 Å². The van der Waals surface area contributed by atoms with Crippen LogP contribution in [0.2, 0.25) is 0 Å². The van der Waals surface area contributed by atoms with Gasteiger partial charge in [0.05, 0.1) is 6.61 Å². The Morgan fingerprint density at radius 2 is 2.17 bits per heavy atom. The van der Waals surface area contributed by atoms with Gasteiger partial charge in [0, 0.05) is 11.8 Å². The average Bonchev–Trinajstić information content (AvgIpc) is 2.37. The van der Waals surface area contributed by atoms with Gasteiger partial charge in [0.25, 0.3) is 0 Å². The smallest absolute Gasteiger partial charge is 0.330 e. The molecule has 98 valence electrons. The van der Waals surface area contributed by atoms with Crippen LogP contribution in [-0.4, -0.2) is 12.6 Å². The summed E-state index contributed by atoms with van der Waals surface area (Å²) in [6, 6.07) is 5.81. The number of anilines is 1. The lowest BCUT2D eigenvalue weighted by Crippen LogP contribution is -2.00. The van der Waals surface area contributed by atoms with Crippen molar-refractivity contribution in [3.8, 4) is 0 Å². The van der Waals surface area contributed by atoms with Crippen LogP contribution in [0.4, 0.5) is 5.69 Å². The maximum Gasteiger partial charge on any atom is 0.330 e. The van der Waals surface area contributed by atoms with Crippen molar-refractivity contribution in [2.75, 3.05) is 12.3 Å². The Bertz CT molecular complexity index is 438. The summed E-state index contributed by atoms with van der Waals surface area (Å²) in [6.45, 7) is 6.45. The van der Waals surface area contributed by atoms with E-state index in [1.807, 2.05) is 18.2 Å². The fourth-order valence-corrected chi connectivity index (χ4v) is 1.70. The molecule has 0 aliphatic heterocycles. The van der Waals surface area contributed by atoms with Crippen LogP contribution >= 0.6 is 0 Å². The molecule has 3 heteroatoms. The van der Waals surface area contributed by atoms with Crippen molar-refractivity contribution in [2.45, 2.75) is 33.1 Å². The summed E-state index contributed by atoms with van der Waals surface area (Å²) in [5, 5.41) is 0. The topological polar surface area (TPSA) is 52.3 Å². The highest BCUT2D eigenvalue weighted by Gasteiger charge is 2.07. The van der Waals surface area contributed by atoms with Crippen LogP contribution in [0.3, 0.4) is 0 Å². The van der Waals surface area contributed by atoms with E-state index in [-0.39, 0.29) is 5.97 Å². The summed E-state index contributed by atoms with van der Waals surface area (Å²) in [5.41, 5.74) is 8.85. The molecule has 1 unspecified atom stereocenters. The highest BCUT2D eigenvalue weighted by atomic mass is 16.5. The van der Waals surface area contributed by atoms with Crippen LogP contribution in [0.1, 0.15) is 44.2 Å². The SMILES string of the molecule is CCOC(=O)/C=C/c1ccc(N)c(C(C)CC)c1. The Hall–Kier alpha value is -1.77. The number of ether oxygens (including phenoxy) is 1. The second kappa shape index (κ2) is 6.84. The molecule has 0 aromatic heterocycles. The normalized spacial score (nSPS) is 12.6. The van der Waals surface area contributed by atoms with Gasteiger partial charge >= 0.3 is 5.97 Å².